The Bertz CT molecular complexity index is 1000. The van der Waals surface area contributed by atoms with Gasteiger partial charge in [0, 0.05) is 12.4 Å². The molecular formula is C18H16N2O3. The number of carbonyl (C=O) groups is 1. The van der Waals surface area contributed by atoms with Crippen LogP contribution in [-0.2, 0) is 7.05 Å². The zero-order chi connectivity index (χ0) is 16.7. The van der Waals surface area contributed by atoms with E-state index in [1.807, 2.05) is 43.3 Å². The van der Waals surface area contributed by atoms with Crippen LogP contribution >= 0.6 is 0 Å². The lowest BCUT2D eigenvalue weighted by Gasteiger charge is -2.14. The van der Waals surface area contributed by atoms with Crippen LogP contribution in [0.1, 0.15) is 15.9 Å². The summed E-state index contributed by atoms with van der Waals surface area (Å²) in [6.07, 6.45) is 0. The Morgan fingerprint density at radius 3 is 2.52 bits per heavy atom. The number of nitrogens with two attached hydrogens (primary N) is 1. The quantitative estimate of drug-likeness (QED) is 0.762. The highest BCUT2D eigenvalue weighted by Crippen LogP contribution is 2.35. The first-order valence-corrected chi connectivity index (χ1v) is 7.13. The van der Waals surface area contributed by atoms with E-state index in [9.17, 15) is 14.7 Å². The van der Waals surface area contributed by atoms with Crippen molar-refractivity contribution in [2.75, 3.05) is 0 Å². The number of carbonyl (C=O) groups excluding carboxylic acids is 1. The average Bonchev–Trinajstić information content (AvgIpc) is 2.52. The molecule has 116 valence electrons. The first kappa shape index (κ1) is 14.8. The van der Waals surface area contributed by atoms with E-state index >= 15 is 0 Å². The van der Waals surface area contributed by atoms with Crippen LogP contribution in [0.5, 0.6) is 5.75 Å². The molecule has 0 aliphatic heterocycles. The van der Waals surface area contributed by atoms with Crippen molar-refractivity contribution in [1.82, 2.24) is 4.57 Å². The van der Waals surface area contributed by atoms with Gasteiger partial charge in [-0.15, -0.1) is 0 Å². The van der Waals surface area contributed by atoms with Crippen LogP contribution in [0.2, 0.25) is 0 Å². The van der Waals surface area contributed by atoms with Crippen molar-refractivity contribution < 1.29 is 9.90 Å². The predicted molar refractivity (Wildman–Crippen MR) is 89.5 cm³/mol. The molecule has 3 aromatic rings. The number of aromatic nitrogens is 1. The van der Waals surface area contributed by atoms with Gasteiger partial charge in [-0.2, -0.15) is 0 Å². The summed E-state index contributed by atoms with van der Waals surface area (Å²) in [5.41, 5.74) is 7.51. The van der Waals surface area contributed by atoms with Crippen LogP contribution in [0.4, 0.5) is 0 Å². The summed E-state index contributed by atoms with van der Waals surface area (Å²) in [4.78, 5) is 23.8. The number of hydrogen-bond acceptors (Lipinski definition) is 3. The maximum atomic E-state index is 12.2. The van der Waals surface area contributed by atoms with Gasteiger partial charge in [0.1, 0.15) is 11.3 Å². The van der Waals surface area contributed by atoms with Crippen molar-refractivity contribution in [3.8, 4) is 16.9 Å². The molecule has 3 N–H and O–H groups in total. The summed E-state index contributed by atoms with van der Waals surface area (Å²) in [6, 6.07) is 13.1. The maximum absolute atomic E-state index is 12.2. The summed E-state index contributed by atoms with van der Waals surface area (Å²) >= 11 is 0. The van der Waals surface area contributed by atoms with Crippen LogP contribution in [0, 0.1) is 6.92 Å². The Morgan fingerprint density at radius 2 is 1.87 bits per heavy atom. The Balaban J connectivity index is 2.51. The zero-order valence-corrected chi connectivity index (χ0v) is 12.8. The smallest absolute Gasteiger partial charge is 0.267 e. The molecule has 0 bridgehead atoms. The van der Waals surface area contributed by atoms with Crippen molar-refractivity contribution in [1.29, 1.82) is 0 Å². The van der Waals surface area contributed by atoms with Crippen molar-refractivity contribution in [2.24, 2.45) is 12.8 Å². The molecule has 5 nitrogen and oxygen atoms in total. The zero-order valence-electron chi connectivity index (χ0n) is 12.8. The van der Waals surface area contributed by atoms with Crippen LogP contribution < -0.4 is 11.3 Å². The van der Waals surface area contributed by atoms with Crippen LogP contribution in [-0.4, -0.2) is 15.6 Å². The molecule has 0 atom stereocenters. The second kappa shape index (κ2) is 5.28. The molecule has 0 aliphatic carbocycles. The third-order valence-electron chi connectivity index (χ3n) is 3.97. The minimum absolute atomic E-state index is 0.368. The topological polar surface area (TPSA) is 85.3 Å². The van der Waals surface area contributed by atoms with E-state index in [1.165, 1.54) is 4.57 Å². The number of aromatic hydroxyl groups is 1. The largest absolute Gasteiger partial charge is 0.506 e. The second-order valence-electron chi connectivity index (χ2n) is 5.52. The highest BCUT2D eigenvalue weighted by molar-refractivity contribution is 6.06. The summed E-state index contributed by atoms with van der Waals surface area (Å²) in [5.74, 6) is -1.31. The summed E-state index contributed by atoms with van der Waals surface area (Å²) in [5, 5.41) is 11.0. The number of fused-ring (bicyclic) bond motifs is 1. The van der Waals surface area contributed by atoms with Gasteiger partial charge in [-0.05, 0) is 24.1 Å². The second-order valence-corrected chi connectivity index (χ2v) is 5.52. The van der Waals surface area contributed by atoms with Gasteiger partial charge >= 0.3 is 0 Å². The number of rotatable bonds is 2. The minimum atomic E-state index is -0.941. The lowest BCUT2D eigenvalue weighted by molar-refractivity contribution is 0.0996. The van der Waals surface area contributed by atoms with E-state index in [4.69, 9.17) is 5.73 Å². The first-order valence-electron chi connectivity index (χ1n) is 7.13. The maximum Gasteiger partial charge on any atom is 0.267 e. The Morgan fingerprint density at radius 1 is 1.17 bits per heavy atom. The fourth-order valence-corrected chi connectivity index (χ4v) is 2.85. The van der Waals surface area contributed by atoms with Gasteiger partial charge in [-0.3, -0.25) is 9.59 Å². The summed E-state index contributed by atoms with van der Waals surface area (Å²) in [6.45, 7) is 1.97. The number of nitrogens with zero attached hydrogens (tertiary/aromatic N) is 1. The number of pyridine rings is 1. The van der Waals surface area contributed by atoms with Gasteiger partial charge in [0.25, 0.3) is 11.5 Å². The van der Waals surface area contributed by atoms with E-state index in [0.29, 0.717) is 10.9 Å². The Hall–Kier alpha value is -3.08. The van der Waals surface area contributed by atoms with Gasteiger partial charge in [0.15, 0.2) is 0 Å². The van der Waals surface area contributed by atoms with Crippen LogP contribution in [0.25, 0.3) is 22.0 Å². The van der Waals surface area contributed by atoms with Crippen LogP contribution in [0.15, 0.2) is 47.3 Å². The highest BCUT2D eigenvalue weighted by atomic mass is 16.3. The standard InChI is InChI=1S/C18H16N2O3/c1-10-5-3-6-11(9-10)12-7-4-8-13-14(12)16(21)15(17(19)22)18(23)20(13)2/h3-9,21H,1-2H3,(H2,19,22). The molecule has 0 radical (unpaired) electrons. The molecule has 23 heavy (non-hydrogen) atoms. The molecule has 5 heteroatoms. The molecule has 0 unspecified atom stereocenters. The van der Waals surface area contributed by atoms with Gasteiger partial charge in [-0.25, -0.2) is 0 Å². The lowest BCUT2D eigenvalue weighted by atomic mass is 9.97. The molecule has 0 aliphatic rings. The molecule has 1 heterocycles. The lowest BCUT2D eigenvalue weighted by Crippen LogP contribution is -2.28. The Kier molecular flexibility index (Phi) is 3.41. The predicted octanol–water partition coefficient (Wildman–Crippen LogP) is 2.32. The SMILES string of the molecule is Cc1cccc(-c2cccc3c2c(O)c(C(N)=O)c(=O)n3C)c1. The Labute approximate surface area is 132 Å². The minimum Gasteiger partial charge on any atom is -0.506 e. The average molecular weight is 308 g/mol. The fourth-order valence-electron chi connectivity index (χ4n) is 2.85. The van der Waals surface area contributed by atoms with Gasteiger partial charge in [0.05, 0.1) is 5.52 Å². The molecule has 2 aromatic carbocycles. The number of hydrogen-bond donors (Lipinski definition) is 2. The van der Waals surface area contributed by atoms with Crippen molar-refractivity contribution in [3.05, 3.63) is 63.9 Å². The monoisotopic (exact) mass is 308 g/mol. The van der Waals surface area contributed by atoms with E-state index in [-0.39, 0.29) is 11.3 Å². The summed E-state index contributed by atoms with van der Waals surface area (Å²) in [7, 11) is 1.55. The van der Waals surface area contributed by atoms with E-state index in [2.05, 4.69) is 0 Å². The number of amides is 1. The molecule has 1 aromatic heterocycles. The van der Waals surface area contributed by atoms with E-state index in [0.717, 1.165) is 16.7 Å². The van der Waals surface area contributed by atoms with Crippen LogP contribution in [0.3, 0.4) is 0 Å². The normalized spacial score (nSPS) is 10.9. The molecule has 1 amide bonds. The van der Waals surface area contributed by atoms with Gasteiger partial charge in [0.2, 0.25) is 0 Å². The molecule has 0 saturated heterocycles. The van der Waals surface area contributed by atoms with Crippen molar-refractivity contribution in [3.63, 3.8) is 0 Å². The summed E-state index contributed by atoms with van der Waals surface area (Å²) < 4.78 is 1.33. The van der Waals surface area contributed by atoms with Crippen molar-refractivity contribution in [2.45, 2.75) is 6.92 Å². The van der Waals surface area contributed by atoms with E-state index in [1.54, 1.807) is 13.1 Å². The number of primary amides is 1. The van der Waals surface area contributed by atoms with Gasteiger partial charge < -0.3 is 15.4 Å². The molecule has 0 fully saturated rings. The molecule has 3 rings (SSSR count). The van der Waals surface area contributed by atoms with Gasteiger partial charge in [-0.1, -0.05) is 42.0 Å². The molecule has 0 saturated carbocycles. The highest BCUT2D eigenvalue weighted by Gasteiger charge is 2.21. The molecular weight excluding hydrogens is 292 g/mol. The number of aryl methyl sites for hydroxylation is 2. The number of benzene rings is 2. The third-order valence-corrected chi connectivity index (χ3v) is 3.97. The van der Waals surface area contributed by atoms with Crippen molar-refractivity contribution >= 4 is 16.8 Å². The third kappa shape index (κ3) is 2.26. The molecule has 0 spiro atoms. The first-order chi connectivity index (χ1) is 10.9. The van der Waals surface area contributed by atoms with E-state index < -0.39 is 11.5 Å². The fraction of sp³-hybridized carbons (Fsp3) is 0.111.